The van der Waals surface area contributed by atoms with Gasteiger partial charge in [0.1, 0.15) is 11.6 Å². The van der Waals surface area contributed by atoms with Crippen molar-refractivity contribution in [2.75, 3.05) is 5.01 Å². The van der Waals surface area contributed by atoms with E-state index in [-0.39, 0.29) is 11.6 Å². The molecule has 0 fully saturated rings. The smallest absolute Gasteiger partial charge is 0.346 e. The molecule has 29 heavy (non-hydrogen) atoms. The summed E-state index contributed by atoms with van der Waals surface area (Å²) in [6, 6.07) is 23.6. The first-order valence-corrected chi connectivity index (χ1v) is 9.94. The Labute approximate surface area is 172 Å². The third-order valence-electron chi connectivity index (χ3n) is 4.72. The van der Waals surface area contributed by atoms with Crippen LogP contribution in [0.5, 0.6) is 0 Å². The van der Waals surface area contributed by atoms with E-state index in [4.69, 9.17) is 15.5 Å². The molecule has 0 saturated carbocycles. The zero-order chi connectivity index (χ0) is 20.2. The molecule has 3 aromatic rings. The van der Waals surface area contributed by atoms with Crippen LogP contribution in [-0.2, 0) is 4.79 Å². The van der Waals surface area contributed by atoms with Gasteiger partial charge in [-0.2, -0.15) is 10.4 Å². The monoisotopic (exact) mass is 399 g/mol. The molecule has 1 unspecified atom stereocenters. The SMILES string of the molecule is N#C/C(=C/c1ccc(N2N=C(c3cccs3)CC2c2ccccc2)cc1)C(=O)O. The molecule has 4 rings (SSSR count). The van der Waals surface area contributed by atoms with Gasteiger partial charge in [0.15, 0.2) is 0 Å². The zero-order valence-corrected chi connectivity index (χ0v) is 16.2. The molecular formula is C23H17N3O2S. The summed E-state index contributed by atoms with van der Waals surface area (Å²) in [7, 11) is 0. The van der Waals surface area contributed by atoms with Crippen molar-refractivity contribution in [3.05, 3.63) is 93.7 Å². The van der Waals surface area contributed by atoms with E-state index >= 15 is 0 Å². The molecule has 0 spiro atoms. The Balaban J connectivity index is 1.68. The summed E-state index contributed by atoms with van der Waals surface area (Å²) >= 11 is 1.68. The van der Waals surface area contributed by atoms with Crippen molar-refractivity contribution < 1.29 is 9.90 Å². The molecular weight excluding hydrogens is 382 g/mol. The Morgan fingerprint density at radius 2 is 1.90 bits per heavy atom. The maximum atomic E-state index is 11.0. The van der Waals surface area contributed by atoms with Crippen molar-refractivity contribution in [3.8, 4) is 6.07 Å². The Morgan fingerprint density at radius 3 is 2.52 bits per heavy atom. The minimum Gasteiger partial charge on any atom is -0.477 e. The van der Waals surface area contributed by atoms with E-state index in [2.05, 4.69) is 18.2 Å². The van der Waals surface area contributed by atoms with Crippen molar-refractivity contribution in [1.29, 1.82) is 5.26 Å². The summed E-state index contributed by atoms with van der Waals surface area (Å²) < 4.78 is 0. The fraction of sp³-hybridized carbons (Fsp3) is 0.0870. The fourth-order valence-electron chi connectivity index (χ4n) is 3.31. The maximum absolute atomic E-state index is 11.0. The number of aliphatic carboxylic acids is 1. The largest absolute Gasteiger partial charge is 0.477 e. The van der Waals surface area contributed by atoms with E-state index in [0.29, 0.717) is 5.56 Å². The molecule has 0 saturated heterocycles. The molecule has 142 valence electrons. The van der Waals surface area contributed by atoms with Crippen molar-refractivity contribution in [1.82, 2.24) is 0 Å². The van der Waals surface area contributed by atoms with Crippen LogP contribution >= 0.6 is 11.3 Å². The first kappa shape index (κ1) is 18.7. The van der Waals surface area contributed by atoms with E-state index in [0.717, 1.165) is 22.7 Å². The lowest BCUT2D eigenvalue weighted by atomic mass is 10.0. The predicted octanol–water partition coefficient (Wildman–Crippen LogP) is 5.10. The molecule has 0 amide bonds. The number of carbonyl (C=O) groups is 1. The van der Waals surface area contributed by atoms with Crippen LogP contribution in [-0.4, -0.2) is 16.8 Å². The van der Waals surface area contributed by atoms with Gasteiger partial charge in [-0.15, -0.1) is 11.3 Å². The third-order valence-corrected chi connectivity index (χ3v) is 5.64. The highest BCUT2D eigenvalue weighted by molar-refractivity contribution is 7.12. The summed E-state index contributed by atoms with van der Waals surface area (Å²) in [4.78, 5) is 12.2. The fourth-order valence-corrected chi connectivity index (χ4v) is 4.03. The van der Waals surface area contributed by atoms with E-state index in [1.54, 1.807) is 29.5 Å². The van der Waals surface area contributed by atoms with Crippen LogP contribution in [0.25, 0.3) is 6.08 Å². The minimum absolute atomic E-state index is 0.0865. The van der Waals surface area contributed by atoms with E-state index in [1.807, 2.05) is 46.8 Å². The van der Waals surface area contributed by atoms with Gasteiger partial charge in [-0.25, -0.2) is 4.79 Å². The minimum atomic E-state index is -1.23. The third kappa shape index (κ3) is 3.96. The highest BCUT2D eigenvalue weighted by Gasteiger charge is 2.30. The number of rotatable bonds is 5. The Morgan fingerprint density at radius 1 is 1.14 bits per heavy atom. The lowest BCUT2D eigenvalue weighted by molar-refractivity contribution is -0.132. The topological polar surface area (TPSA) is 76.7 Å². The number of nitriles is 1. The molecule has 6 heteroatoms. The highest BCUT2D eigenvalue weighted by Crippen LogP contribution is 2.37. The molecule has 0 bridgehead atoms. The molecule has 1 aliphatic rings. The van der Waals surface area contributed by atoms with Crippen molar-refractivity contribution in [3.63, 3.8) is 0 Å². The average Bonchev–Trinajstić information content (AvgIpc) is 3.43. The number of carboxylic acids is 1. The van der Waals surface area contributed by atoms with Gasteiger partial charge in [0.25, 0.3) is 0 Å². The molecule has 0 radical (unpaired) electrons. The standard InChI is InChI=1S/C23H17N3O2S/c24-15-18(23(27)28)13-16-8-10-19(11-9-16)26-21(17-5-2-1-3-6-17)14-20(25-26)22-7-4-12-29-22/h1-13,21H,14H2,(H,27,28)/b18-13-. The first-order chi connectivity index (χ1) is 14.2. The molecule has 1 atom stereocenters. The number of hydrogen-bond donors (Lipinski definition) is 1. The van der Waals surface area contributed by atoms with Gasteiger partial charge in [-0.3, -0.25) is 5.01 Å². The molecule has 0 aliphatic carbocycles. The van der Waals surface area contributed by atoms with E-state index < -0.39 is 5.97 Å². The van der Waals surface area contributed by atoms with Gasteiger partial charge < -0.3 is 5.11 Å². The normalized spacial score (nSPS) is 16.4. The van der Waals surface area contributed by atoms with Crippen molar-refractivity contribution in [2.45, 2.75) is 12.5 Å². The first-order valence-electron chi connectivity index (χ1n) is 9.06. The molecule has 2 aromatic carbocycles. The summed E-state index contributed by atoms with van der Waals surface area (Å²) in [6.07, 6.45) is 2.18. The van der Waals surface area contributed by atoms with Crippen LogP contribution in [0.4, 0.5) is 5.69 Å². The van der Waals surface area contributed by atoms with E-state index in [9.17, 15) is 4.79 Å². The van der Waals surface area contributed by atoms with E-state index in [1.165, 1.54) is 11.6 Å². The summed E-state index contributed by atoms with van der Waals surface area (Å²) in [5.74, 6) is -1.23. The number of anilines is 1. The van der Waals surface area contributed by atoms with Gasteiger partial charge in [-0.1, -0.05) is 48.5 Å². The van der Waals surface area contributed by atoms with Gasteiger partial charge in [0, 0.05) is 6.42 Å². The molecule has 1 N–H and O–H groups in total. The van der Waals surface area contributed by atoms with Crippen LogP contribution in [0.2, 0.25) is 0 Å². The van der Waals surface area contributed by atoms with Gasteiger partial charge in [0.2, 0.25) is 0 Å². The quantitative estimate of drug-likeness (QED) is 0.479. The zero-order valence-electron chi connectivity index (χ0n) is 15.4. The molecule has 5 nitrogen and oxygen atoms in total. The Kier molecular flexibility index (Phi) is 5.23. The van der Waals surface area contributed by atoms with Gasteiger partial charge in [0.05, 0.1) is 22.3 Å². The summed E-state index contributed by atoms with van der Waals surface area (Å²) in [5.41, 5.74) is 3.51. The van der Waals surface area contributed by atoms with Crippen molar-refractivity contribution in [2.24, 2.45) is 5.10 Å². The summed E-state index contributed by atoms with van der Waals surface area (Å²) in [6.45, 7) is 0. The molecule has 2 heterocycles. The molecule has 1 aliphatic heterocycles. The van der Waals surface area contributed by atoms with Crippen LogP contribution in [0.15, 0.2) is 82.8 Å². The number of benzene rings is 2. The van der Waals surface area contributed by atoms with Gasteiger partial charge >= 0.3 is 5.97 Å². The van der Waals surface area contributed by atoms with Crippen LogP contribution in [0.3, 0.4) is 0 Å². The van der Waals surface area contributed by atoms with Crippen LogP contribution in [0.1, 0.15) is 28.5 Å². The predicted molar refractivity (Wildman–Crippen MR) is 115 cm³/mol. The van der Waals surface area contributed by atoms with Gasteiger partial charge in [-0.05, 0) is 40.8 Å². The second-order valence-corrected chi connectivity index (χ2v) is 7.51. The summed E-state index contributed by atoms with van der Waals surface area (Å²) in [5, 5.41) is 26.9. The molecule has 1 aromatic heterocycles. The average molecular weight is 399 g/mol. The van der Waals surface area contributed by atoms with Crippen molar-refractivity contribution >= 4 is 34.8 Å². The number of hydrogen-bond acceptors (Lipinski definition) is 5. The van der Waals surface area contributed by atoms with Crippen LogP contribution in [0, 0.1) is 11.3 Å². The highest BCUT2D eigenvalue weighted by atomic mass is 32.1. The Hall–Kier alpha value is -3.69. The van der Waals surface area contributed by atoms with Crippen LogP contribution < -0.4 is 5.01 Å². The lowest BCUT2D eigenvalue weighted by Gasteiger charge is -2.24. The second-order valence-electron chi connectivity index (χ2n) is 6.57. The second kappa shape index (κ2) is 8.13. The number of carboxylic acid groups (broad SMARTS) is 1. The number of thiophene rings is 1. The number of nitrogens with zero attached hydrogens (tertiary/aromatic N) is 3. The lowest BCUT2D eigenvalue weighted by Crippen LogP contribution is -2.18. The maximum Gasteiger partial charge on any atom is 0.346 e. The Bertz CT molecular complexity index is 1110. The number of hydrazone groups is 1.